The summed E-state index contributed by atoms with van der Waals surface area (Å²) in [5.41, 5.74) is 1.69. The molecule has 1 fully saturated rings. The Kier molecular flexibility index (Phi) is 4.16. The molecular formula is C17H22N2O3. The summed E-state index contributed by atoms with van der Waals surface area (Å²) in [6, 6.07) is 6.96. The number of rotatable bonds is 3. The highest BCUT2D eigenvalue weighted by molar-refractivity contribution is 6.00. The van der Waals surface area contributed by atoms with E-state index in [1.165, 1.54) is 0 Å². The van der Waals surface area contributed by atoms with Crippen LogP contribution in [0.25, 0.3) is 0 Å². The van der Waals surface area contributed by atoms with Crippen molar-refractivity contribution in [2.75, 3.05) is 19.8 Å². The van der Waals surface area contributed by atoms with Crippen LogP contribution in [-0.4, -0.2) is 37.6 Å². The lowest BCUT2D eigenvalue weighted by atomic mass is 9.82. The van der Waals surface area contributed by atoms with Gasteiger partial charge in [0.15, 0.2) is 0 Å². The van der Waals surface area contributed by atoms with Crippen molar-refractivity contribution in [1.82, 2.24) is 10.6 Å². The molecule has 5 nitrogen and oxygen atoms in total. The third-order valence-corrected chi connectivity index (χ3v) is 4.70. The quantitative estimate of drug-likeness (QED) is 0.883. The molecule has 0 spiro atoms. The number of hydrogen-bond donors (Lipinski definition) is 2. The van der Waals surface area contributed by atoms with Gasteiger partial charge >= 0.3 is 0 Å². The zero-order valence-corrected chi connectivity index (χ0v) is 12.9. The number of carbonyl (C=O) groups is 2. The summed E-state index contributed by atoms with van der Waals surface area (Å²) in [6.45, 7) is 4.30. The van der Waals surface area contributed by atoms with Crippen molar-refractivity contribution in [1.29, 1.82) is 0 Å². The van der Waals surface area contributed by atoms with Crippen LogP contribution in [0.1, 0.15) is 35.7 Å². The SMILES string of the molecule is CC1(CNC(=O)C2Cc3ccccc3C(=O)N2)CCOCC1. The van der Waals surface area contributed by atoms with Crippen molar-refractivity contribution in [3.05, 3.63) is 35.4 Å². The van der Waals surface area contributed by atoms with Crippen LogP contribution < -0.4 is 10.6 Å². The molecule has 2 amide bonds. The molecule has 1 aromatic rings. The van der Waals surface area contributed by atoms with Crippen LogP contribution in [0.3, 0.4) is 0 Å². The minimum atomic E-state index is -0.481. The van der Waals surface area contributed by atoms with Crippen molar-refractivity contribution in [3.63, 3.8) is 0 Å². The van der Waals surface area contributed by atoms with Gasteiger partial charge in [-0.1, -0.05) is 25.1 Å². The van der Waals surface area contributed by atoms with Gasteiger partial charge in [-0.25, -0.2) is 0 Å². The highest BCUT2D eigenvalue weighted by atomic mass is 16.5. The molecule has 2 aliphatic heterocycles. The van der Waals surface area contributed by atoms with E-state index >= 15 is 0 Å². The Bertz CT molecular complexity index is 579. The molecule has 1 aromatic carbocycles. The fourth-order valence-corrected chi connectivity index (χ4v) is 3.05. The predicted molar refractivity (Wildman–Crippen MR) is 82.6 cm³/mol. The van der Waals surface area contributed by atoms with Gasteiger partial charge in [-0.2, -0.15) is 0 Å². The number of hydrogen-bond acceptors (Lipinski definition) is 3. The summed E-state index contributed by atoms with van der Waals surface area (Å²) in [7, 11) is 0. The van der Waals surface area contributed by atoms with Crippen molar-refractivity contribution >= 4 is 11.8 Å². The fraction of sp³-hybridized carbons (Fsp3) is 0.529. The fourth-order valence-electron chi connectivity index (χ4n) is 3.05. The molecule has 2 heterocycles. The van der Waals surface area contributed by atoms with E-state index in [9.17, 15) is 9.59 Å². The number of benzene rings is 1. The molecule has 1 saturated heterocycles. The topological polar surface area (TPSA) is 67.4 Å². The van der Waals surface area contributed by atoms with Crippen LogP contribution in [0.5, 0.6) is 0 Å². The molecule has 2 N–H and O–H groups in total. The Morgan fingerprint density at radius 1 is 1.36 bits per heavy atom. The minimum absolute atomic E-state index is 0.0878. The number of amides is 2. The average Bonchev–Trinajstić information content (AvgIpc) is 2.53. The molecule has 0 radical (unpaired) electrons. The monoisotopic (exact) mass is 302 g/mol. The van der Waals surface area contributed by atoms with Crippen LogP contribution in [0.4, 0.5) is 0 Å². The summed E-state index contributed by atoms with van der Waals surface area (Å²) in [5, 5.41) is 5.80. The highest BCUT2D eigenvalue weighted by Gasteiger charge is 2.31. The molecule has 0 aliphatic carbocycles. The smallest absolute Gasteiger partial charge is 0.252 e. The van der Waals surface area contributed by atoms with Crippen molar-refractivity contribution < 1.29 is 14.3 Å². The van der Waals surface area contributed by atoms with E-state index in [4.69, 9.17) is 4.74 Å². The van der Waals surface area contributed by atoms with Gasteiger partial charge < -0.3 is 15.4 Å². The largest absolute Gasteiger partial charge is 0.381 e. The normalized spacial score (nSPS) is 23.3. The molecule has 1 atom stereocenters. The second kappa shape index (κ2) is 6.08. The van der Waals surface area contributed by atoms with Gasteiger partial charge in [0.05, 0.1) is 0 Å². The Balaban J connectivity index is 1.61. The van der Waals surface area contributed by atoms with Crippen LogP contribution in [0.2, 0.25) is 0 Å². The highest BCUT2D eigenvalue weighted by Crippen LogP contribution is 2.28. The molecule has 3 rings (SSSR count). The maximum absolute atomic E-state index is 12.4. The van der Waals surface area contributed by atoms with Gasteiger partial charge in [0.2, 0.25) is 5.91 Å². The molecule has 118 valence electrons. The number of nitrogens with one attached hydrogen (secondary N) is 2. The van der Waals surface area contributed by atoms with Gasteiger partial charge in [-0.3, -0.25) is 9.59 Å². The lowest BCUT2D eigenvalue weighted by molar-refractivity contribution is -0.123. The Morgan fingerprint density at radius 2 is 2.09 bits per heavy atom. The maximum atomic E-state index is 12.4. The van der Waals surface area contributed by atoms with Crippen molar-refractivity contribution in [3.8, 4) is 0 Å². The molecule has 5 heteroatoms. The lowest BCUT2D eigenvalue weighted by Gasteiger charge is -2.34. The van der Waals surface area contributed by atoms with Gasteiger partial charge in [0.1, 0.15) is 6.04 Å². The predicted octanol–water partition coefficient (Wildman–Crippen LogP) is 1.27. The third-order valence-electron chi connectivity index (χ3n) is 4.70. The number of carbonyl (C=O) groups excluding carboxylic acids is 2. The maximum Gasteiger partial charge on any atom is 0.252 e. The first kappa shape index (κ1) is 15.0. The van der Waals surface area contributed by atoms with Crippen LogP contribution in [0.15, 0.2) is 24.3 Å². The Hall–Kier alpha value is -1.88. The van der Waals surface area contributed by atoms with E-state index < -0.39 is 6.04 Å². The molecule has 22 heavy (non-hydrogen) atoms. The first-order chi connectivity index (χ1) is 10.6. The van der Waals surface area contributed by atoms with Gasteiger partial charge in [-0.15, -0.1) is 0 Å². The van der Waals surface area contributed by atoms with E-state index in [1.807, 2.05) is 18.2 Å². The zero-order valence-electron chi connectivity index (χ0n) is 12.9. The second-order valence-electron chi connectivity index (χ2n) is 6.53. The third kappa shape index (κ3) is 3.14. The van der Waals surface area contributed by atoms with E-state index in [-0.39, 0.29) is 17.2 Å². The second-order valence-corrected chi connectivity index (χ2v) is 6.53. The molecule has 0 aromatic heterocycles. The first-order valence-electron chi connectivity index (χ1n) is 7.82. The van der Waals surface area contributed by atoms with Crippen LogP contribution in [-0.2, 0) is 16.0 Å². The molecule has 1 unspecified atom stereocenters. The van der Waals surface area contributed by atoms with Gasteiger partial charge in [0, 0.05) is 31.7 Å². The molecule has 0 saturated carbocycles. The Morgan fingerprint density at radius 3 is 2.86 bits per heavy atom. The number of fused-ring (bicyclic) bond motifs is 1. The number of ether oxygens (including phenoxy) is 1. The van der Waals surface area contributed by atoms with Crippen LogP contribution in [0, 0.1) is 5.41 Å². The molecule has 0 bridgehead atoms. The van der Waals surface area contributed by atoms with Crippen molar-refractivity contribution in [2.24, 2.45) is 5.41 Å². The summed E-state index contributed by atoms with van der Waals surface area (Å²) >= 11 is 0. The van der Waals surface area contributed by atoms with Gasteiger partial charge in [-0.05, 0) is 29.9 Å². The standard InChI is InChI=1S/C17H22N2O3/c1-17(6-8-22-9-7-17)11-18-16(21)14-10-12-4-2-3-5-13(12)15(20)19-14/h2-5,14H,6-11H2,1H3,(H,18,21)(H,19,20). The summed E-state index contributed by atoms with van der Waals surface area (Å²) in [6.07, 6.45) is 2.45. The van der Waals surface area contributed by atoms with E-state index in [0.717, 1.165) is 31.6 Å². The van der Waals surface area contributed by atoms with Crippen molar-refractivity contribution in [2.45, 2.75) is 32.2 Å². The summed E-state index contributed by atoms with van der Waals surface area (Å²) in [4.78, 5) is 24.4. The van der Waals surface area contributed by atoms with Gasteiger partial charge in [0.25, 0.3) is 5.91 Å². The summed E-state index contributed by atoms with van der Waals surface area (Å²) < 4.78 is 5.37. The molecular weight excluding hydrogens is 280 g/mol. The Labute approximate surface area is 130 Å². The first-order valence-corrected chi connectivity index (χ1v) is 7.82. The zero-order chi connectivity index (χ0) is 15.6. The minimum Gasteiger partial charge on any atom is -0.381 e. The average molecular weight is 302 g/mol. The molecule has 2 aliphatic rings. The summed E-state index contributed by atoms with van der Waals surface area (Å²) in [5.74, 6) is -0.269. The van der Waals surface area contributed by atoms with E-state index in [0.29, 0.717) is 18.5 Å². The van der Waals surface area contributed by atoms with E-state index in [1.54, 1.807) is 6.07 Å². The van der Waals surface area contributed by atoms with Crippen LogP contribution >= 0.6 is 0 Å². The van der Waals surface area contributed by atoms with E-state index in [2.05, 4.69) is 17.6 Å². The lowest BCUT2D eigenvalue weighted by Crippen LogP contribution is -2.52.